The number of aliphatic hydroxyl groups is 1. The smallest absolute Gasteiger partial charge is 0.228 e. The molecule has 0 radical (unpaired) electrons. The summed E-state index contributed by atoms with van der Waals surface area (Å²) in [5.41, 5.74) is 1.44. The second kappa shape index (κ2) is 6.67. The average Bonchev–Trinajstić information content (AvgIpc) is 2.29. The SMILES string of the molecule is CSCC(C)C(=O)Nc1ccccc1C(C)O. The number of thioether (sulfide) groups is 1. The lowest BCUT2D eigenvalue weighted by Crippen LogP contribution is -2.22. The molecule has 1 amide bonds. The third-order valence-electron chi connectivity index (χ3n) is 2.53. The molecule has 0 saturated heterocycles. The van der Waals surface area contributed by atoms with Gasteiger partial charge in [0.2, 0.25) is 5.91 Å². The Morgan fingerprint density at radius 3 is 2.65 bits per heavy atom. The number of hydrogen-bond acceptors (Lipinski definition) is 3. The highest BCUT2D eigenvalue weighted by Crippen LogP contribution is 2.22. The van der Waals surface area contributed by atoms with Crippen molar-refractivity contribution < 1.29 is 9.90 Å². The molecule has 17 heavy (non-hydrogen) atoms. The molecule has 0 aliphatic rings. The maximum Gasteiger partial charge on any atom is 0.228 e. The third kappa shape index (κ3) is 4.06. The number of nitrogens with one attached hydrogen (secondary N) is 1. The third-order valence-corrected chi connectivity index (χ3v) is 3.37. The van der Waals surface area contributed by atoms with Crippen LogP contribution in [0.2, 0.25) is 0 Å². The minimum absolute atomic E-state index is 0.00699. The zero-order valence-electron chi connectivity index (χ0n) is 10.4. The Morgan fingerprint density at radius 1 is 1.41 bits per heavy atom. The lowest BCUT2D eigenvalue weighted by Gasteiger charge is -2.15. The van der Waals surface area contributed by atoms with Gasteiger partial charge in [-0.2, -0.15) is 11.8 Å². The van der Waals surface area contributed by atoms with Crippen molar-refractivity contribution in [3.63, 3.8) is 0 Å². The number of para-hydroxylation sites is 1. The van der Waals surface area contributed by atoms with Crippen LogP contribution in [0, 0.1) is 5.92 Å². The molecule has 0 fully saturated rings. The lowest BCUT2D eigenvalue weighted by molar-refractivity contribution is -0.118. The van der Waals surface area contributed by atoms with E-state index in [-0.39, 0.29) is 11.8 Å². The summed E-state index contributed by atoms with van der Waals surface area (Å²) in [7, 11) is 0. The Balaban J connectivity index is 2.77. The van der Waals surface area contributed by atoms with Crippen LogP contribution in [0.15, 0.2) is 24.3 Å². The van der Waals surface area contributed by atoms with Crippen LogP contribution in [0.1, 0.15) is 25.5 Å². The van der Waals surface area contributed by atoms with Gasteiger partial charge in [0.25, 0.3) is 0 Å². The molecule has 2 N–H and O–H groups in total. The summed E-state index contributed by atoms with van der Waals surface area (Å²) < 4.78 is 0. The first-order valence-corrected chi connectivity index (χ1v) is 7.02. The number of aliphatic hydroxyl groups excluding tert-OH is 1. The van der Waals surface area contributed by atoms with Gasteiger partial charge in [-0.3, -0.25) is 4.79 Å². The van der Waals surface area contributed by atoms with Gasteiger partial charge in [-0.25, -0.2) is 0 Å². The predicted molar refractivity (Wildman–Crippen MR) is 73.3 cm³/mol. The standard InChI is InChI=1S/C13H19NO2S/c1-9(8-17-3)13(16)14-12-7-5-4-6-11(12)10(2)15/h4-7,9-10,15H,8H2,1-3H3,(H,14,16). The fourth-order valence-electron chi connectivity index (χ4n) is 1.56. The molecule has 3 nitrogen and oxygen atoms in total. The zero-order chi connectivity index (χ0) is 12.8. The molecule has 1 rings (SSSR count). The number of anilines is 1. The van der Waals surface area contributed by atoms with E-state index >= 15 is 0 Å². The molecule has 0 heterocycles. The Labute approximate surface area is 107 Å². The van der Waals surface area contributed by atoms with Crippen molar-refractivity contribution in [2.24, 2.45) is 5.92 Å². The van der Waals surface area contributed by atoms with Crippen LogP contribution in [0.3, 0.4) is 0 Å². The van der Waals surface area contributed by atoms with Crippen LogP contribution in [0.4, 0.5) is 5.69 Å². The van der Waals surface area contributed by atoms with Crippen molar-refractivity contribution in [3.05, 3.63) is 29.8 Å². The van der Waals surface area contributed by atoms with Gasteiger partial charge < -0.3 is 10.4 Å². The summed E-state index contributed by atoms with van der Waals surface area (Å²) >= 11 is 1.65. The van der Waals surface area contributed by atoms with Gasteiger partial charge in [-0.15, -0.1) is 0 Å². The number of carbonyl (C=O) groups excluding carboxylic acids is 1. The van der Waals surface area contributed by atoms with Crippen molar-refractivity contribution in [2.75, 3.05) is 17.3 Å². The van der Waals surface area contributed by atoms with Gasteiger partial charge in [0.05, 0.1) is 6.10 Å². The van der Waals surface area contributed by atoms with Crippen molar-refractivity contribution >= 4 is 23.4 Å². The van der Waals surface area contributed by atoms with Crippen LogP contribution >= 0.6 is 11.8 Å². The Bertz CT molecular complexity index is 379. The van der Waals surface area contributed by atoms with Crippen molar-refractivity contribution in [2.45, 2.75) is 20.0 Å². The fourth-order valence-corrected chi connectivity index (χ4v) is 2.21. The summed E-state index contributed by atoms with van der Waals surface area (Å²) in [6, 6.07) is 7.33. The molecule has 0 aliphatic carbocycles. The maximum atomic E-state index is 11.9. The van der Waals surface area contributed by atoms with E-state index in [1.807, 2.05) is 37.4 Å². The summed E-state index contributed by atoms with van der Waals surface area (Å²) in [6.45, 7) is 3.59. The molecule has 2 unspecified atom stereocenters. The van der Waals surface area contributed by atoms with E-state index < -0.39 is 6.10 Å². The number of benzene rings is 1. The zero-order valence-corrected chi connectivity index (χ0v) is 11.3. The van der Waals surface area contributed by atoms with Crippen LogP contribution in [-0.4, -0.2) is 23.0 Å². The van der Waals surface area contributed by atoms with E-state index in [2.05, 4.69) is 5.32 Å². The van der Waals surface area contributed by atoms with Gasteiger partial charge >= 0.3 is 0 Å². The first-order valence-electron chi connectivity index (χ1n) is 5.63. The van der Waals surface area contributed by atoms with Gasteiger partial charge in [0.15, 0.2) is 0 Å². The summed E-state index contributed by atoms with van der Waals surface area (Å²) in [4.78, 5) is 11.9. The molecule has 94 valence electrons. The van der Waals surface area contributed by atoms with E-state index in [4.69, 9.17) is 0 Å². The first-order chi connectivity index (χ1) is 8.06. The largest absolute Gasteiger partial charge is 0.389 e. The molecule has 0 saturated carbocycles. The van der Waals surface area contributed by atoms with E-state index in [0.717, 1.165) is 11.3 Å². The van der Waals surface area contributed by atoms with Crippen molar-refractivity contribution in [1.29, 1.82) is 0 Å². The molecule has 1 aromatic carbocycles. The van der Waals surface area contributed by atoms with E-state index in [9.17, 15) is 9.90 Å². The monoisotopic (exact) mass is 253 g/mol. The molecule has 2 atom stereocenters. The molecule has 1 aromatic rings. The number of hydrogen-bond donors (Lipinski definition) is 2. The predicted octanol–water partition coefficient (Wildman–Crippen LogP) is 2.68. The fraction of sp³-hybridized carbons (Fsp3) is 0.462. The molecule has 0 aliphatic heterocycles. The number of carbonyl (C=O) groups is 1. The Hall–Kier alpha value is -1.00. The van der Waals surface area contributed by atoms with Crippen LogP contribution in [0.25, 0.3) is 0 Å². The topological polar surface area (TPSA) is 49.3 Å². The summed E-state index contributed by atoms with van der Waals surface area (Å²) in [5.74, 6) is 0.752. The number of amides is 1. The van der Waals surface area contributed by atoms with Crippen molar-refractivity contribution in [3.8, 4) is 0 Å². The normalized spacial score (nSPS) is 14.1. The Kier molecular flexibility index (Phi) is 5.51. The maximum absolute atomic E-state index is 11.9. The van der Waals surface area contributed by atoms with Crippen LogP contribution in [0.5, 0.6) is 0 Å². The van der Waals surface area contributed by atoms with Gasteiger partial charge in [0, 0.05) is 22.9 Å². The van der Waals surface area contributed by atoms with Gasteiger partial charge in [-0.05, 0) is 19.2 Å². The molecule has 0 spiro atoms. The summed E-state index contributed by atoms with van der Waals surface area (Å²) in [5, 5.41) is 12.5. The molecular weight excluding hydrogens is 234 g/mol. The molecule has 0 bridgehead atoms. The second-order valence-electron chi connectivity index (χ2n) is 4.11. The Morgan fingerprint density at radius 2 is 2.06 bits per heavy atom. The quantitative estimate of drug-likeness (QED) is 0.848. The minimum Gasteiger partial charge on any atom is -0.389 e. The van der Waals surface area contributed by atoms with Gasteiger partial charge in [0.1, 0.15) is 0 Å². The highest BCUT2D eigenvalue weighted by Gasteiger charge is 2.15. The molecule has 4 heteroatoms. The highest BCUT2D eigenvalue weighted by molar-refractivity contribution is 7.98. The molecular formula is C13H19NO2S. The van der Waals surface area contributed by atoms with Crippen LogP contribution in [-0.2, 0) is 4.79 Å². The molecule has 0 aromatic heterocycles. The van der Waals surface area contributed by atoms with E-state index in [1.165, 1.54) is 0 Å². The van der Waals surface area contributed by atoms with Crippen molar-refractivity contribution in [1.82, 2.24) is 0 Å². The van der Waals surface area contributed by atoms with E-state index in [0.29, 0.717) is 5.69 Å². The first kappa shape index (κ1) is 14.1. The number of rotatable bonds is 5. The summed E-state index contributed by atoms with van der Waals surface area (Å²) in [6.07, 6.45) is 1.40. The second-order valence-corrected chi connectivity index (χ2v) is 5.02. The lowest BCUT2D eigenvalue weighted by atomic mass is 10.1. The highest BCUT2D eigenvalue weighted by atomic mass is 32.2. The minimum atomic E-state index is -0.581. The van der Waals surface area contributed by atoms with Crippen LogP contribution < -0.4 is 5.32 Å². The van der Waals surface area contributed by atoms with E-state index in [1.54, 1.807) is 18.7 Å². The average molecular weight is 253 g/mol. The van der Waals surface area contributed by atoms with Gasteiger partial charge in [-0.1, -0.05) is 25.1 Å².